The van der Waals surface area contributed by atoms with E-state index in [1.54, 1.807) is 37.4 Å². The molecule has 1 aromatic heterocycles. The third kappa shape index (κ3) is 5.54. The number of ether oxygens (including phenoxy) is 1. The molecule has 1 aliphatic heterocycles. The Morgan fingerprint density at radius 2 is 1.93 bits per heavy atom. The number of benzene rings is 1. The highest BCUT2D eigenvalue weighted by Gasteiger charge is 2.19. The summed E-state index contributed by atoms with van der Waals surface area (Å²) >= 11 is 0. The molecule has 0 aliphatic carbocycles. The molecule has 1 atom stereocenters. The Labute approximate surface area is 171 Å². The second-order valence-corrected chi connectivity index (χ2v) is 7.34. The third-order valence-electron chi connectivity index (χ3n) is 5.05. The van der Waals surface area contributed by atoms with Crippen LogP contribution in [0.15, 0.2) is 42.6 Å². The highest BCUT2D eigenvalue weighted by molar-refractivity contribution is 5.94. The van der Waals surface area contributed by atoms with Gasteiger partial charge in [-0.25, -0.2) is 4.98 Å². The smallest absolute Gasteiger partial charge is 0.261 e. The molecule has 29 heavy (non-hydrogen) atoms. The van der Waals surface area contributed by atoms with E-state index in [1.165, 1.54) is 6.92 Å². The van der Waals surface area contributed by atoms with Gasteiger partial charge in [-0.1, -0.05) is 18.2 Å². The normalized spacial score (nSPS) is 15.6. The summed E-state index contributed by atoms with van der Waals surface area (Å²) in [5.74, 6) is 1.16. The summed E-state index contributed by atoms with van der Waals surface area (Å²) in [5, 5.41) is 2.94. The molecule has 0 radical (unpaired) electrons. The van der Waals surface area contributed by atoms with Gasteiger partial charge in [-0.2, -0.15) is 0 Å². The molecule has 1 aliphatic rings. The molecule has 1 saturated heterocycles. The Hall–Kier alpha value is -2.93. The van der Waals surface area contributed by atoms with Crippen LogP contribution in [0.3, 0.4) is 0 Å². The highest BCUT2D eigenvalue weighted by Crippen LogP contribution is 2.19. The minimum Gasteiger partial charge on any atom is -0.481 e. The number of Topliss-reactive ketones (excluding diaryl/α,β-unsaturated/α-hetero) is 1. The summed E-state index contributed by atoms with van der Waals surface area (Å²) in [6.45, 7) is 7.40. The van der Waals surface area contributed by atoms with E-state index in [4.69, 9.17) is 4.74 Å². The van der Waals surface area contributed by atoms with Crippen molar-refractivity contribution in [3.63, 3.8) is 0 Å². The van der Waals surface area contributed by atoms with Crippen LogP contribution in [0.25, 0.3) is 0 Å². The SMILES string of the molecule is CC(=O)c1cccc(OC(C)C(=O)NCc2cccnc2N2CCN(C)CC2)c1. The molecule has 3 rings (SSSR count). The van der Waals surface area contributed by atoms with Gasteiger partial charge < -0.3 is 19.9 Å². The number of anilines is 1. The molecule has 0 bridgehead atoms. The topological polar surface area (TPSA) is 74.8 Å². The first-order valence-electron chi connectivity index (χ1n) is 9.87. The van der Waals surface area contributed by atoms with Gasteiger partial charge in [0, 0.05) is 50.0 Å². The van der Waals surface area contributed by atoms with Crippen LogP contribution in [0.1, 0.15) is 29.8 Å². The minimum atomic E-state index is -0.680. The van der Waals surface area contributed by atoms with Crippen molar-refractivity contribution in [2.24, 2.45) is 0 Å². The number of likely N-dealkylation sites (N-methyl/N-ethyl adjacent to an activating group) is 1. The largest absolute Gasteiger partial charge is 0.481 e. The van der Waals surface area contributed by atoms with Crippen molar-refractivity contribution in [1.29, 1.82) is 0 Å². The Morgan fingerprint density at radius 1 is 1.17 bits per heavy atom. The maximum atomic E-state index is 12.5. The zero-order valence-electron chi connectivity index (χ0n) is 17.2. The van der Waals surface area contributed by atoms with E-state index in [1.807, 2.05) is 12.1 Å². The number of piperazine rings is 1. The zero-order chi connectivity index (χ0) is 20.8. The molecule has 2 heterocycles. The second kappa shape index (κ2) is 9.52. The maximum Gasteiger partial charge on any atom is 0.261 e. The second-order valence-electron chi connectivity index (χ2n) is 7.34. The summed E-state index contributed by atoms with van der Waals surface area (Å²) in [5.41, 5.74) is 1.54. The zero-order valence-corrected chi connectivity index (χ0v) is 17.2. The Kier molecular flexibility index (Phi) is 6.82. The Balaban J connectivity index is 1.59. The van der Waals surface area contributed by atoms with Crippen LogP contribution >= 0.6 is 0 Å². The maximum absolute atomic E-state index is 12.5. The fourth-order valence-electron chi connectivity index (χ4n) is 3.24. The summed E-state index contributed by atoms with van der Waals surface area (Å²) in [4.78, 5) is 33.1. The quantitative estimate of drug-likeness (QED) is 0.723. The van der Waals surface area contributed by atoms with Crippen molar-refractivity contribution in [1.82, 2.24) is 15.2 Å². The van der Waals surface area contributed by atoms with E-state index < -0.39 is 6.10 Å². The molecule has 1 fully saturated rings. The number of nitrogens with one attached hydrogen (secondary N) is 1. The summed E-state index contributed by atoms with van der Waals surface area (Å²) in [7, 11) is 2.12. The van der Waals surface area contributed by atoms with E-state index in [9.17, 15) is 9.59 Å². The van der Waals surface area contributed by atoms with Crippen molar-refractivity contribution < 1.29 is 14.3 Å². The first-order chi connectivity index (χ1) is 13.9. The van der Waals surface area contributed by atoms with Gasteiger partial charge in [-0.3, -0.25) is 9.59 Å². The fraction of sp³-hybridized carbons (Fsp3) is 0.409. The van der Waals surface area contributed by atoms with Gasteiger partial charge in [0.2, 0.25) is 0 Å². The number of hydrogen-bond acceptors (Lipinski definition) is 6. The van der Waals surface area contributed by atoms with Crippen LogP contribution in [0.2, 0.25) is 0 Å². The average molecular weight is 396 g/mol. The summed E-state index contributed by atoms with van der Waals surface area (Å²) < 4.78 is 5.72. The molecule has 1 unspecified atom stereocenters. The number of rotatable bonds is 7. The molecule has 1 N–H and O–H groups in total. The molecule has 0 spiro atoms. The standard InChI is InChI=1S/C22H28N4O3/c1-16(27)18-6-4-8-20(14-18)29-17(2)22(28)24-15-19-7-5-9-23-21(19)26-12-10-25(3)11-13-26/h4-9,14,17H,10-13,15H2,1-3H3,(H,24,28). The van der Waals surface area contributed by atoms with Gasteiger partial charge in [0.15, 0.2) is 11.9 Å². The molecule has 154 valence electrons. The molecule has 7 heteroatoms. The van der Waals surface area contributed by atoms with E-state index in [0.717, 1.165) is 37.6 Å². The van der Waals surface area contributed by atoms with Gasteiger partial charge in [0.1, 0.15) is 11.6 Å². The number of carbonyl (C=O) groups excluding carboxylic acids is 2. The van der Waals surface area contributed by atoms with Gasteiger partial charge >= 0.3 is 0 Å². The Bertz CT molecular complexity index is 863. The van der Waals surface area contributed by atoms with Crippen molar-refractivity contribution >= 4 is 17.5 Å². The Morgan fingerprint density at radius 3 is 2.66 bits per heavy atom. The number of nitrogens with zero attached hydrogens (tertiary/aromatic N) is 3. The number of amides is 1. The van der Waals surface area contributed by atoms with Gasteiger partial charge in [0.25, 0.3) is 5.91 Å². The van der Waals surface area contributed by atoms with Gasteiger partial charge in [0.05, 0.1) is 0 Å². The molecule has 1 aromatic carbocycles. The molecule has 2 aromatic rings. The van der Waals surface area contributed by atoms with Crippen molar-refractivity contribution in [2.75, 3.05) is 38.1 Å². The van der Waals surface area contributed by atoms with Gasteiger partial charge in [-0.15, -0.1) is 0 Å². The van der Waals surface area contributed by atoms with Crippen LogP contribution in [0.5, 0.6) is 5.75 Å². The predicted octanol–water partition coefficient (Wildman–Crippen LogP) is 2.12. The monoisotopic (exact) mass is 396 g/mol. The number of aromatic nitrogens is 1. The first-order valence-corrected chi connectivity index (χ1v) is 9.87. The summed E-state index contributed by atoms with van der Waals surface area (Å²) in [6.07, 6.45) is 1.10. The van der Waals surface area contributed by atoms with Crippen LogP contribution in [-0.4, -0.2) is 60.9 Å². The minimum absolute atomic E-state index is 0.0411. The van der Waals surface area contributed by atoms with Crippen molar-refractivity contribution in [3.05, 3.63) is 53.7 Å². The van der Waals surface area contributed by atoms with E-state index in [-0.39, 0.29) is 11.7 Å². The number of hydrogen-bond donors (Lipinski definition) is 1. The molecular formula is C22H28N4O3. The van der Waals surface area contributed by atoms with Crippen LogP contribution in [0.4, 0.5) is 5.82 Å². The van der Waals surface area contributed by atoms with Crippen LogP contribution in [0, 0.1) is 0 Å². The highest BCUT2D eigenvalue weighted by atomic mass is 16.5. The van der Waals surface area contributed by atoms with Crippen molar-refractivity contribution in [3.8, 4) is 5.75 Å². The van der Waals surface area contributed by atoms with Crippen LogP contribution < -0.4 is 15.0 Å². The summed E-state index contributed by atoms with van der Waals surface area (Å²) in [6, 6.07) is 10.7. The molecular weight excluding hydrogens is 368 g/mol. The number of carbonyl (C=O) groups is 2. The van der Waals surface area contributed by atoms with E-state index >= 15 is 0 Å². The molecule has 7 nitrogen and oxygen atoms in total. The fourth-order valence-corrected chi connectivity index (χ4v) is 3.24. The van der Waals surface area contributed by atoms with E-state index in [2.05, 4.69) is 27.1 Å². The average Bonchev–Trinajstić information content (AvgIpc) is 2.73. The first kappa shape index (κ1) is 20.8. The van der Waals surface area contributed by atoms with Gasteiger partial charge in [-0.05, 0) is 39.1 Å². The predicted molar refractivity (Wildman–Crippen MR) is 112 cm³/mol. The lowest BCUT2D eigenvalue weighted by atomic mass is 10.1. The van der Waals surface area contributed by atoms with Crippen LogP contribution in [-0.2, 0) is 11.3 Å². The number of ketones is 1. The lowest BCUT2D eigenvalue weighted by molar-refractivity contribution is -0.127. The van der Waals surface area contributed by atoms with Crippen molar-refractivity contribution in [2.45, 2.75) is 26.5 Å². The number of pyridine rings is 1. The molecule has 1 amide bonds. The third-order valence-corrected chi connectivity index (χ3v) is 5.05. The lowest BCUT2D eigenvalue weighted by Gasteiger charge is -2.34. The lowest BCUT2D eigenvalue weighted by Crippen LogP contribution is -2.45. The van der Waals surface area contributed by atoms with E-state index in [0.29, 0.717) is 17.9 Å². The molecule has 0 saturated carbocycles.